The summed E-state index contributed by atoms with van der Waals surface area (Å²) in [5.74, 6) is 0. The Morgan fingerprint density at radius 3 is 2.26 bits per heavy atom. The maximum absolute atomic E-state index is 10.2. The van der Waals surface area contributed by atoms with Gasteiger partial charge in [0.15, 0.2) is 5.58 Å². The van der Waals surface area contributed by atoms with E-state index in [1.54, 1.807) is 18.3 Å². The predicted octanol–water partition coefficient (Wildman–Crippen LogP) is 9.46. The molecule has 38 heavy (non-hydrogen) atoms. The third-order valence-corrected chi connectivity index (χ3v) is 7.11. The van der Waals surface area contributed by atoms with Crippen LogP contribution in [0.1, 0.15) is 41.6 Å². The van der Waals surface area contributed by atoms with Crippen molar-refractivity contribution >= 4 is 21.9 Å². The standard InChI is InChI=1S/C35H28N2O/c1-22-10-15-28(31-20-25(18-19-37-31)23-11-13-26(14-12-23)35(2,3)4)34-32(22)29-17-16-27(24-8-6-5-7-9-24)30(21-36)33(29)38-34/h5-20H,1-4H3/i1D3. The molecule has 184 valence electrons. The molecule has 0 amide bonds. The largest absolute Gasteiger partial charge is 0.454 e. The Bertz CT molecular complexity index is 1960. The number of pyridine rings is 1. The van der Waals surface area contributed by atoms with E-state index in [9.17, 15) is 5.26 Å². The second-order valence-corrected chi connectivity index (χ2v) is 10.6. The summed E-state index contributed by atoms with van der Waals surface area (Å²) in [7, 11) is 0. The minimum atomic E-state index is -2.37. The minimum Gasteiger partial charge on any atom is -0.454 e. The second-order valence-electron chi connectivity index (χ2n) is 10.6. The molecule has 0 aliphatic rings. The smallest absolute Gasteiger partial charge is 0.153 e. The molecule has 0 aliphatic carbocycles. The Balaban J connectivity index is 1.58. The van der Waals surface area contributed by atoms with Crippen LogP contribution in [0.15, 0.2) is 102 Å². The van der Waals surface area contributed by atoms with E-state index in [1.165, 1.54) is 5.56 Å². The Labute approximate surface area is 227 Å². The fraction of sp³-hybridized carbons (Fsp3) is 0.143. The van der Waals surface area contributed by atoms with E-state index in [0.717, 1.165) is 22.3 Å². The van der Waals surface area contributed by atoms with Crippen molar-refractivity contribution in [3.05, 3.63) is 114 Å². The topological polar surface area (TPSA) is 49.8 Å². The Morgan fingerprint density at radius 1 is 0.789 bits per heavy atom. The highest BCUT2D eigenvalue weighted by Gasteiger charge is 2.20. The first kappa shape index (κ1) is 20.4. The molecule has 0 fully saturated rings. The number of rotatable bonds is 3. The van der Waals surface area contributed by atoms with Crippen LogP contribution in [0.5, 0.6) is 0 Å². The lowest BCUT2D eigenvalue weighted by Crippen LogP contribution is -2.10. The van der Waals surface area contributed by atoms with Crippen LogP contribution in [-0.2, 0) is 5.41 Å². The fourth-order valence-electron chi connectivity index (χ4n) is 5.03. The molecule has 0 atom stereocenters. The maximum Gasteiger partial charge on any atom is 0.153 e. The van der Waals surface area contributed by atoms with Crippen molar-refractivity contribution in [2.75, 3.05) is 0 Å². The Kier molecular flexibility index (Phi) is 4.83. The summed E-state index contributed by atoms with van der Waals surface area (Å²) in [6.45, 7) is 4.19. The summed E-state index contributed by atoms with van der Waals surface area (Å²) >= 11 is 0. The zero-order chi connectivity index (χ0) is 28.9. The number of furan rings is 1. The molecule has 3 heteroatoms. The quantitative estimate of drug-likeness (QED) is 0.246. The van der Waals surface area contributed by atoms with E-state index in [-0.39, 0.29) is 11.0 Å². The van der Waals surface area contributed by atoms with Gasteiger partial charge in [0.1, 0.15) is 17.2 Å². The zero-order valence-electron chi connectivity index (χ0n) is 24.5. The van der Waals surface area contributed by atoms with Crippen molar-refractivity contribution in [1.82, 2.24) is 4.98 Å². The summed E-state index contributed by atoms with van der Waals surface area (Å²) in [5, 5.41) is 11.3. The maximum atomic E-state index is 10.2. The molecule has 0 unspecified atom stereocenters. The van der Waals surface area contributed by atoms with Crippen molar-refractivity contribution in [3.8, 4) is 39.6 Å². The lowest BCUT2D eigenvalue weighted by atomic mass is 9.86. The molecule has 6 rings (SSSR count). The lowest BCUT2D eigenvalue weighted by Gasteiger charge is -2.19. The van der Waals surface area contributed by atoms with Gasteiger partial charge >= 0.3 is 0 Å². The van der Waals surface area contributed by atoms with Crippen LogP contribution in [-0.4, -0.2) is 4.98 Å². The van der Waals surface area contributed by atoms with Crippen LogP contribution in [0.25, 0.3) is 55.4 Å². The average Bonchev–Trinajstić information content (AvgIpc) is 3.35. The van der Waals surface area contributed by atoms with E-state index < -0.39 is 6.85 Å². The van der Waals surface area contributed by atoms with Crippen molar-refractivity contribution in [2.24, 2.45) is 0 Å². The van der Waals surface area contributed by atoms with Crippen molar-refractivity contribution in [3.63, 3.8) is 0 Å². The van der Waals surface area contributed by atoms with Gasteiger partial charge in [-0.3, -0.25) is 4.98 Å². The van der Waals surface area contributed by atoms with E-state index in [4.69, 9.17) is 8.53 Å². The minimum absolute atomic E-state index is 0.0575. The number of nitrogens with zero attached hydrogens (tertiary/aromatic N) is 2. The molecular weight excluding hydrogens is 464 g/mol. The molecule has 0 saturated carbocycles. The van der Waals surface area contributed by atoms with Gasteiger partial charge < -0.3 is 4.42 Å². The van der Waals surface area contributed by atoms with E-state index in [1.807, 2.05) is 54.6 Å². The molecular formula is C35H28N2O. The molecule has 2 heterocycles. The van der Waals surface area contributed by atoms with Gasteiger partial charge in [0.25, 0.3) is 0 Å². The summed E-state index contributed by atoms with van der Waals surface area (Å²) in [6, 6.07) is 31.5. The summed E-state index contributed by atoms with van der Waals surface area (Å²) in [6.07, 6.45) is 1.75. The SMILES string of the molecule is [2H]C([2H])([2H])c1ccc(-c2cc(-c3ccc(C(C)(C)C)cc3)ccn2)c2oc3c(C#N)c(-c4ccccc4)ccc3c12. The average molecular weight is 496 g/mol. The normalized spacial score (nSPS) is 13.2. The molecule has 2 aromatic heterocycles. The summed E-state index contributed by atoms with van der Waals surface area (Å²) < 4.78 is 31.2. The summed E-state index contributed by atoms with van der Waals surface area (Å²) in [4.78, 5) is 4.65. The molecule has 0 radical (unpaired) electrons. The van der Waals surface area contributed by atoms with Gasteiger partial charge in [0, 0.05) is 32.2 Å². The molecule has 0 bridgehead atoms. The third-order valence-electron chi connectivity index (χ3n) is 7.11. The van der Waals surface area contributed by atoms with Gasteiger partial charge in [-0.05, 0) is 64.3 Å². The highest BCUT2D eigenvalue weighted by Crippen LogP contribution is 2.41. The van der Waals surface area contributed by atoms with Crippen LogP contribution in [0.4, 0.5) is 0 Å². The van der Waals surface area contributed by atoms with Gasteiger partial charge in [0.2, 0.25) is 0 Å². The molecule has 4 aromatic carbocycles. The van der Waals surface area contributed by atoms with Crippen molar-refractivity contribution < 1.29 is 8.53 Å². The van der Waals surface area contributed by atoms with Crippen LogP contribution < -0.4 is 0 Å². The van der Waals surface area contributed by atoms with Crippen LogP contribution >= 0.6 is 0 Å². The second kappa shape index (κ2) is 9.01. The van der Waals surface area contributed by atoms with E-state index in [0.29, 0.717) is 38.8 Å². The zero-order valence-corrected chi connectivity index (χ0v) is 21.5. The van der Waals surface area contributed by atoms with Crippen LogP contribution in [0.2, 0.25) is 0 Å². The number of aromatic nitrogens is 1. The van der Waals surface area contributed by atoms with Gasteiger partial charge in [-0.15, -0.1) is 0 Å². The molecule has 6 aromatic rings. The third kappa shape index (κ3) is 3.96. The monoisotopic (exact) mass is 495 g/mol. The Morgan fingerprint density at radius 2 is 1.55 bits per heavy atom. The van der Waals surface area contributed by atoms with Gasteiger partial charge in [-0.25, -0.2) is 0 Å². The molecule has 0 spiro atoms. The summed E-state index contributed by atoms with van der Waals surface area (Å²) in [5.41, 5.74) is 7.62. The molecule has 3 nitrogen and oxygen atoms in total. The van der Waals surface area contributed by atoms with E-state index >= 15 is 0 Å². The first-order chi connectivity index (χ1) is 19.6. The number of benzene rings is 4. The van der Waals surface area contributed by atoms with Gasteiger partial charge in [0.05, 0.1) is 5.69 Å². The predicted molar refractivity (Wildman–Crippen MR) is 156 cm³/mol. The highest BCUT2D eigenvalue weighted by molar-refractivity contribution is 6.13. The van der Waals surface area contributed by atoms with Gasteiger partial charge in [-0.1, -0.05) is 87.5 Å². The number of fused-ring (bicyclic) bond motifs is 3. The number of aryl methyl sites for hydroxylation is 1. The lowest BCUT2D eigenvalue weighted by molar-refractivity contribution is 0.590. The van der Waals surface area contributed by atoms with Crippen molar-refractivity contribution in [2.45, 2.75) is 33.0 Å². The van der Waals surface area contributed by atoms with Crippen molar-refractivity contribution in [1.29, 1.82) is 5.26 Å². The number of nitriles is 1. The van der Waals surface area contributed by atoms with Gasteiger partial charge in [-0.2, -0.15) is 5.26 Å². The number of hydrogen-bond acceptors (Lipinski definition) is 3. The Hall–Kier alpha value is -4.68. The van der Waals surface area contributed by atoms with Crippen LogP contribution in [0, 0.1) is 18.2 Å². The molecule has 0 saturated heterocycles. The van der Waals surface area contributed by atoms with Crippen LogP contribution in [0.3, 0.4) is 0 Å². The highest BCUT2D eigenvalue weighted by atomic mass is 16.3. The first-order valence-corrected chi connectivity index (χ1v) is 12.6. The fourth-order valence-corrected chi connectivity index (χ4v) is 5.03. The number of hydrogen-bond donors (Lipinski definition) is 0. The van der Waals surface area contributed by atoms with E-state index in [2.05, 4.69) is 56.1 Å². The molecule has 0 N–H and O–H groups in total. The molecule has 0 aliphatic heterocycles. The first-order valence-electron chi connectivity index (χ1n) is 14.1.